The molecule has 22 heavy (non-hydrogen) atoms. The maximum atomic E-state index is 13.8. The zero-order valence-electron chi connectivity index (χ0n) is 12.8. The fourth-order valence-electron chi connectivity index (χ4n) is 1.90. The summed E-state index contributed by atoms with van der Waals surface area (Å²) in [5.41, 5.74) is 6.63. The molecule has 0 bridgehead atoms. The van der Waals surface area contributed by atoms with Gasteiger partial charge in [-0.2, -0.15) is 5.10 Å². The second-order valence-electron chi connectivity index (χ2n) is 5.68. The largest absolute Gasteiger partial charge is 0.350 e. The second kappa shape index (κ2) is 6.89. The van der Waals surface area contributed by atoms with Gasteiger partial charge in [-0.3, -0.25) is 4.79 Å². The van der Waals surface area contributed by atoms with Gasteiger partial charge in [0.2, 0.25) is 0 Å². The van der Waals surface area contributed by atoms with Crippen LogP contribution in [0.1, 0.15) is 29.9 Å². The average molecular weight is 327 g/mol. The van der Waals surface area contributed by atoms with E-state index >= 15 is 0 Å². The van der Waals surface area contributed by atoms with Crippen molar-refractivity contribution in [2.24, 2.45) is 5.73 Å². The highest BCUT2D eigenvalue weighted by atomic mass is 35.5. The SMILES string of the molecule is Cc1c(C(=O)NCC(C)(C)N)cnn1-c1ccccc1F.Cl. The van der Waals surface area contributed by atoms with E-state index in [2.05, 4.69) is 10.4 Å². The molecule has 1 aromatic carbocycles. The number of rotatable bonds is 4. The molecule has 0 spiro atoms. The highest BCUT2D eigenvalue weighted by molar-refractivity contribution is 5.95. The smallest absolute Gasteiger partial charge is 0.254 e. The van der Waals surface area contributed by atoms with Crippen molar-refractivity contribution in [1.82, 2.24) is 15.1 Å². The average Bonchev–Trinajstić information content (AvgIpc) is 2.78. The number of hydrogen-bond donors (Lipinski definition) is 2. The van der Waals surface area contributed by atoms with Gasteiger partial charge in [-0.1, -0.05) is 12.1 Å². The lowest BCUT2D eigenvalue weighted by atomic mass is 10.1. The number of hydrogen-bond acceptors (Lipinski definition) is 3. The Hall–Kier alpha value is -1.92. The second-order valence-corrected chi connectivity index (χ2v) is 5.68. The summed E-state index contributed by atoms with van der Waals surface area (Å²) in [7, 11) is 0. The number of carbonyl (C=O) groups is 1. The number of nitrogens with two attached hydrogens (primary N) is 1. The maximum absolute atomic E-state index is 13.8. The molecule has 0 saturated heterocycles. The topological polar surface area (TPSA) is 72.9 Å². The summed E-state index contributed by atoms with van der Waals surface area (Å²) in [6.45, 7) is 5.71. The normalized spacial score (nSPS) is 11.0. The molecule has 0 atom stereocenters. The Morgan fingerprint density at radius 3 is 2.64 bits per heavy atom. The van der Waals surface area contributed by atoms with Crippen molar-refractivity contribution in [2.45, 2.75) is 26.3 Å². The molecule has 0 aliphatic heterocycles. The van der Waals surface area contributed by atoms with Crippen molar-refractivity contribution in [2.75, 3.05) is 6.54 Å². The van der Waals surface area contributed by atoms with Crippen molar-refractivity contribution < 1.29 is 9.18 Å². The molecule has 1 aromatic heterocycles. The molecule has 2 rings (SSSR count). The first-order valence-corrected chi connectivity index (χ1v) is 6.66. The van der Waals surface area contributed by atoms with E-state index in [9.17, 15) is 9.18 Å². The van der Waals surface area contributed by atoms with E-state index in [0.717, 1.165) is 0 Å². The minimum absolute atomic E-state index is 0. The lowest BCUT2D eigenvalue weighted by Gasteiger charge is -2.18. The molecular weight excluding hydrogens is 307 g/mol. The van der Waals surface area contributed by atoms with Gasteiger partial charge in [0.1, 0.15) is 11.5 Å². The summed E-state index contributed by atoms with van der Waals surface area (Å²) in [6, 6.07) is 6.29. The van der Waals surface area contributed by atoms with Gasteiger partial charge in [0.15, 0.2) is 0 Å². The molecule has 7 heteroatoms. The van der Waals surface area contributed by atoms with Gasteiger partial charge >= 0.3 is 0 Å². The number of halogens is 2. The van der Waals surface area contributed by atoms with Gasteiger partial charge < -0.3 is 11.1 Å². The Bertz CT molecular complexity index is 664. The van der Waals surface area contributed by atoms with Crippen LogP contribution in [0.5, 0.6) is 0 Å². The van der Waals surface area contributed by atoms with Crippen molar-refractivity contribution in [3.05, 3.63) is 47.5 Å². The zero-order valence-corrected chi connectivity index (χ0v) is 13.6. The molecule has 2 aromatic rings. The molecule has 1 heterocycles. The molecule has 0 unspecified atom stereocenters. The summed E-state index contributed by atoms with van der Waals surface area (Å²) >= 11 is 0. The van der Waals surface area contributed by atoms with Crippen LogP contribution < -0.4 is 11.1 Å². The summed E-state index contributed by atoms with van der Waals surface area (Å²) in [5.74, 6) is -0.660. The van der Waals surface area contributed by atoms with Crippen LogP contribution in [0.15, 0.2) is 30.5 Å². The van der Waals surface area contributed by atoms with Crippen molar-refractivity contribution in [3.63, 3.8) is 0 Å². The first-order valence-electron chi connectivity index (χ1n) is 6.66. The highest BCUT2D eigenvalue weighted by Crippen LogP contribution is 2.17. The van der Waals surface area contributed by atoms with E-state index in [-0.39, 0.29) is 18.3 Å². The van der Waals surface area contributed by atoms with Crippen molar-refractivity contribution in [3.8, 4) is 5.69 Å². The van der Waals surface area contributed by atoms with Gasteiger partial charge in [0.25, 0.3) is 5.91 Å². The lowest BCUT2D eigenvalue weighted by Crippen LogP contribution is -2.45. The molecule has 0 aliphatic carbocycles. The van der Waals surface area contributed by atoms with Crippen LogP contribution in [0, 0.1) is 12.7 Å². The molecule has 0 aliphatic rings. The van der Waals surface area contributed by atoms with E-state index in [4.69, 9.17) is 5.73 Å². The Kier molecular flexibility index (Phi) is 5.68. The van der Waals surface area contributed by atoms with E-state index in [1.807, 2.05) is 13.8 Å². The Balaban J connectivity index is 0.00000242. The number of nitrogens with one attached hydrogen (secondary N) is 1. The van der Waals surface area contributed by atoms with Gasteiger partial charge in [0.05, 0.1) is 17.5 Å². The van der Waals surface area contributed by atoms with Crippen LogP contribution in [-0.4, -0.2) is 27.8 Å². The van der Waals surface area contributed by atoms with Crippen LogP contribution in [0.4, 0.5) is 4.39 Å². The standard InChI is InChI=1S/C15H19FN4O.ClH/c1-10-11(14(21)18-9-15(2,3)17)8-19-20(10)13-7-5-4-6-12(13)16;/h4-8H,9,17H2,1-3H3,(H,18,21);1H. The first kappa shape index (κ1) is 18.1. The highest BCUT2D eigenvalue weighted by Gasteiger charge is 2.18. The molecule has 0 saturated carbocycles. The van der Waals surface area contributed by atoms with Gasteiger partial charge in [0, 0.05) is 12.1 Å². The molecule has 0 fully saturated rings. The number of benzene rings is 1. The Morgan fingerprint density at radius 2 is 2.05 bits per heavy atom. The molecular formula is C15H20ClFN4O. The van der Waals surface area contributed by atoms with Crippen molar-refractivity contribution in [1.29, 1.82) is 0 Å². The van der Waals surface area contributed by atoms with E-state index < -0.39 is 11.4 Å². The number of nitrogens with zero attached hydrogens (tertiary/aromatic N) is 2. The number of para-hydroxylation sites is 1. The van der Waals surface area contributed by atoms with Crippen LogP contribution >= 0.6 is 12.4 Å². The minimum Gasteiger partial charge on any atom is -0.350 e. The van der Waals surface area contributed by atoms with Gasteiger partial charge in [-0.15, -0.1) is 12.4 Å². The first-order chi connectivity index (χ1) is 9.79. The van der Waals surface area contributed by atoms with E-state index in [1.165, 1.54) is 16.9 Å². The third-order valence-electron chi connectivity index (χ3n) is 3.04. The minimum atomic E-state index is -0.495. The lowest BCUT2D eigenvalue weighted by molar-refractivity contribution is 0.0945. The fraction of sp³-hybridized carbons (Fsp3) is 0.333. The zero-order chi connectivity index (χ0) is 15.6. The summed E-state index contributed by atoms with van der Waals surface area (Å²) in [6.07, 6.45) is 1.43. The predicted molar refractivity (Wildman–Crippen MR) is 86.1 cm³/mol. The molecule has 5 nitrogen and oxygen atoms in total. The monoisotopic (exact) mass is 326 g/mol. The molecule has 3 N–H and O–H groups in total. The summed E-state index contributed by atoms with van der Waals surface area (Å²) in [4.78, 5) is 12.1. The van der Waals surface area contributed by atoms with E-state index in [1.54, 1.807) is 25.1 Å². The van der Waals surface area contributed by atoms with E-state index in [0.29, 0.717) is 23.5 Å². The molecule has 120 valence electrons. The third kappa shape index (κ3) is 4.05. The summed E-state index contributed by atoms with van der Waals surface area (Å²) < 4.78 is 15.2. The fourth-order valence-corrected chi connectivity index (χ4v) is 1.90. The van der Waals surface area contributed by atoms with Crippen LogP contribution in [0.25, 0.3) is 5.69 Å². The maximum Gasteiger partial charge on any atom is 0.254 e. The number of carbonyl (C=O) groups excluding carboxylic acids is 1. The Morgan fingerprint density at radius 1 is 1.41 bits per heavy atom. The summed E-state index contributed by atoms with van der Waals surface area (Å²) in [5, 5.41) is 6.85. The van der Waals surface area contributed by atoms with Crippen molar-refractivity contribution >= 4 is 18.3 Å². The number of amides is 1. The van der Waals surface area contributed by atoms with Gasteiger partial charge in [-0.25, -0.2) is 9.07 Å². The number of aromatic nitrogens is 2. The Labute approximate surface area is 135 Å². The van der Waals surface area contributed by atoms with Gasteiger partial charge in [-0.05, 0) is 32.9 Å². The quantitative estimate of drug-likeness (QED) is 0.904. The third-order valence-corrected chi connectivity index (χ3v) is 3.04. The van der Waals surface area contributed by atoms with Crippen LogP contribution in [0.2, 0.25) is 0 Å². The van der Waals surface area contributed by atoms with Crippen LogP contribution in [-0.2, 0) is 0 Å². The molecule has 0 radical (unpaired) electrons. The van der Waals surface area contributed by atoms with Crippen LogP contribution in [0.3, 0.4) is 0 Å². The molecule has 1 amide bonds. The predicted octanol–water partition coefficient (Wildman–Crippen LogP) is 2.21.